The van der Waals surface area contributed by atoms with E-state index in [0.717, 1.165) is 0 Å². The Morgan fingerprint density at radius 3 is 1.67 bits per heavy atom. The van der Waals surface area contributed by atoms with Crippen molar-refractivity contribution in [3.05, 3.63) is 0 Å². The molecule has 0 aromatic rings. The third-order valence-electron chi connectivity index (χ3n) is 1.77. The molecule has 56 valence electrons. The van der Waals surface area contributed by atoms with E-state index in [1.54, 1.807) is 6.92 Å². The van der Waals surface area contributed by atoms with E-state index in [9.17, 15) is 8.78 Å². The topological polar surface area (TPSA) is 0 Å². The summed E-state index contributed by atoms with van der Waals surface area (Å²) in [5.74, 6) is -2.59. The van der Waals surface area contributed by atoms with E-state index >= 15 is 0 Å². The number of rotatable bonds is 1. The fourth-order valence-electron chi connectivity index (χ4n) is 1.10. The molecule has 0 N–H and O–H groups in total. The predicted octanol–water partition coefficient (Wildman–Crippen LogP) is 2.41. The van der Waals surface area contributed by atoms with Crippen molar-refractivity contribution in [1.82, 2.24) is 0 Å². The normalized spacial score (nSPS) is 40.3. The van der Waals surface area contributed by atoms with Gasteiger partial charge in [0.05, 0.1) is 0 Å². The van der Waals surface area contributed by atoms with E-state index in [-0.39, 0.29) is 9.84 Å². The van der Waals surface area contributed by atoms with Gasteiger partial charge in [-0.15, -0.1) is 0 Å². The molecule has 0 bridgehead atoms. The first-order chi connectivity index (χ1) is 3.98. The molecule has 0 amide bonds. The molecule has 0 radical (unpaired) electrons. The van der Waals surface area contributed by atoms with Gasteiger partial charge in [0.15, 0.2) is 0 Å². The average molecular weight is 248 g/mol. The van der Waals surface area contributed by atoms with Gasteiger partial charge < -0.3 is 0 Å². The molecule has 1 rings (SSSR count). The second kappa shape index (κ2) is 2.04. The molecular weight excluding hydrogens is 237 g/mol. The molecule has 2 unspecified atom stereocenters. The van der Waals surface area contributed by atoms with Crippen LogP contribution < -0.4 is 0 Å². The van der Waals surface area contributed by atoms with Gasteiger partial charge in [-0.2, -0.15) is 0 Å². The number of hydrogen-bond donors (Lipinski definition) is 0. The van der Waals surface area contributed by atoms with Crippen LogP contribution >= 0.6 is 19.8 Å². The van der Waals surface area contributed by atoms with Crippen molar-refractivity contribution in [1.29, 1.82) is 0 Å². The third-order valence-corrected chi connectivity index (χ3v) is 6.37. The SMILES string of the molecule is CC1C(I(C)C)C1(F)F. The van der Waals surface area contributed by atoms with E-state index in [1.165, 1.54) is 0 Å². The Kier molecular flexibility index (Phi) is 1.74. The first kappa shape index (κ1) is 7.69. The van der Waals surface area contributed by atoms with Crippen LogP contribution in [0.4, 0.5) is 8.78 Å². The summed E-state index contributed by atoms with van der Waals surface area (Å²) < 4.78 is 24.8. The molecule has 9 heavy (non-hydrogen) atoms. The van der Waals surface area contributed by atoms with Gasteiger partial charge in [0.2, 0.25) is 0 Å². The maximum atomic E-state index is 12.5. The number of hydrogen-bond acceptors (Lipinski definition) is 0. The quantitative estimate of drug-likeness (QED) is 0.493. The van der Waals surface area contributed by atoms with Crippen molar-refractivity contribution in [2.24, 2.45) is 5.92 Å². The molecule has 0 aromatic heterocycles. The molecule has 1 fully saturated rings. The van der Waals surface area contributed by atoms with E-state index < -0.39 is 25.7 Å². The van der Waals surface area contributed by atoms with Gasteiger partial charge in [-0.1, -0.05) is 0 Å². The maximum absolute atomic E-state index is 12.5. The van der Waals surface area contributed by atoms with Gasteiger partial charge in [0.25, 0.3) is 0 Å². The Hall–Kier alpha value is 0.590. The molecule has 0 saturated heterocycles. The van der Waals surface area contributed by atoms with Crippen molar-refractivity contribution in [3.8, 4) is 0 Å². The van der Waals surface area contributed by atoms with Crippen LogP contribution in [-0.2, 0) is 0 Å². The molecule has 1 saturated carbocycles. The first-order valence-corrected chi connectivity index (χ1v) is 8.40. The summed E-state index contributed by atoms with van der Waals surface area (Å²) in [7, 11) is 0. The fourth-order valence-corrected chi connectivity index (χ4v) is 5.76. The summed E-state index contributed by atoms with van der Waals surface area (Å²) in [4.78, 5) is 4.01. The van der Waals surface area contributed by atoms with Gasteiger partial charge in [-0.3, -0.25) is 0 Å². The Morgan fingerprint density at radius 2 is 1.67 bits per heavy atom. The van der Waals surface area contributed by atoms with Crippen molar-refractivity contribution in [2.45, 2.75) is 16.8 Å². The van der Waals surface area contributed by atoms with E-state index in [0.29, 0.717) is 0 Å². The summed E-state index contributed by atoms with van der Waals surface area (Å²) >= 11 is -1.22. The van der Waals surface area contributed by atoms with Crippen LogP contribution in [0.2, 0.25) is 0 Å². The molecular formula is C6H11F2I. The second-order valence-electron chi connectivity index (χ2n) is 2.68. The fraction of sp³-hybridized carbons (Fsp3) is 1.00. The van der Waals surface area contributed by atoms with Crippen molar-refractivity contribution < 1.29 is 8.78 Å². The summed E-state index contributed by atoms with van der Waals surface area (Å²) in [6, 6.07) is 0. The Morgan fingerprint density at radius 1 is 1.33 bits per heavy atom. The van der Waals surface area contributed by atoms with Crippen LogP contribution in [0.1, 0.15) is 6.92 Å². The summed E-state index contributed by atoms with van der Waals surface area (Å²) in [5, 5.41) is 0. The van der Waals surface area contributed by atoms with Crippen LogP contribution in [0.15, 0.2) is 0 Å². The zero-order valence-electron chi connectivity index (χ0n) is 5.79. The standard InChI is InChI=1S/C6H11F2I/c1-4-5(9(2)3)6(4,7)8/h4-5H,1-3H3. The van der Waals surface area contributed by atoms with Gasteiger partial charge in [0.1, 0.15) is 0 Å². The molecule has 1 aliphatic carbocycles. The van der Waals surface area contributed by atoms with Crippen LogP contribution in [0.3, 0.4) is 0 Å². The summed E-state index contributed by atoms with van der Waals surface area (Å²) in [5.41, 5.74) is 0. The second-order valence-corrected chi connectivity index (χ2v) is 8.67. The zero-order valence-corrected chi connectivity index (χ0v) is 7.95. The molecule has 0 aliphatic heterocycles. The van der Waals surface area contributed by atoms with Gasteiger partial charge in [-0.05, 0) is 0 Å². The minimum atomic E-state index is -2.28. The number of alkyl halides is 5. The average Bonchev–Trinajstić information content (AvgIpc) is 2.07. The molecule has 0 aromatic carbocycles. The third kappa shape index (κ3) is 1.08. The van der Waals surface area contributed by atoms with Gasteiger partial charge in [-0.25, -0.2) is 0 Å². The predicted molar refractivity (Wildman–Crippen MR) is 43.8 cm³/mol. The van der Waals surface area contributed by atoms with Crippen LogP contribution in [0.5, 0.6) is 0 Å². The Balaban J connectivity index is 2.52. The molecule has 0 spiro atoms. The number of halogens is 3. The van der Waals surface area contributed by atoms with Crippen LogP contribution in [0, 0.1) is 5.92 Å². The molecule has 0 heterocycles. The van der Waals surface area contributed by atoms with Crippen LogP contribution in [0.25, 0.3) is 0 Å². The zero-order chi connectivity index (χ0) is 7.23. The molecule has 0 nitrogen and oxygen atoms in total. The summed E-state index contributed by atoms with van der Waals surface area (Å²) in [6.45, 7) is 1.65. The molecule has 1 aliphatic rings. The van der Waals surface area contributed by atoms with E-state index in [1.807, 2.05) is 9.86 Å². The van der Waals surface area contributed by atoms with Gasteiger partial charge >= 0.3 is 61.1 Å². The molecule has 2 atom stereocenters. The minimum absolute atomic E-state index is 0.193. The molecule has 3 heteroatoms. The Bertz CT molecular complexity index is 122. The van der Waals surface area contributed by atoms with Crippen molar-refractivity contribution in [2.75, 3.05) is 9.86 Å². The van der Waals surface area contributed by atoms with Crippen LogP contribution in [-0.4, -0.2) is 19.7 Å². The van der Waals surface area contributed by atoms with Gasteiger partial charge in [0, 0.05) is 0 Å². The van der Waals surface area contributed by atoms with E-state index in [2.05, 4.69) is 0 Å². The summed E-state index contributed by atoms with van der Waals surface area (Å²) in [6.07, 6.45) is 0. The monoisotopic (exact) mass is 248 g/mol. The first-order valence-electron chi connectivity index (χ1n) is 2.84. The van der Waals surface area contributed by atoms with E-state index in [4.69, 9.17) is 0 Å². The van der Waals surface area contributed by atoms with Crippen molar-refractivity contribution >= 4 is 19.8 Å². The Labute approximate surface area is 61.4 Å². The van der Waals surface area contributed by atoms with Crippen molar-refractivity contribution in [3.63, 3.8) is 0 Å².